The van der Waals surface area contributed by atoms with Crippen molar-refractivity contribution in [3.63, 3.8) is 0 Å². The Kier molecular flexibility index (Phi) is 6.10. The summed E-state index contributed by atoms with van der Waals surface area (Å²) in [7, 11) is 0. The average molecular weight is 423 g/mol. The lowest BCUT2D eigenvalue weighted by Gasteiger charge is -2.22. The average Bonchev–Trinajstić information content (AvgIpc) is 2.94. The maximum absolute atomic E-state index is 12.9. The summed E-state index contributed by atoms with van der Waals surface area (Å²) in [5.41, 5.74) is 1.96. The number of ether oxygens (including phenoxy) is 1. The molecule has 2 atom stereocenters. The van der Waals surface area contributed by atoms with Crippen molar-refractivity contribution in [2.75, 3.05) is 11.9 Å². The first-order chi connectivity index (χ1) is 14.6. The Balaban J connectivity index is 1.61. The van der Waals surface area contributed by atoms with Gasteiger partial charge in [0.2, 0.25) is 0 Å². The number of benzene rings is 2. The molecule has 1 aliphatic rings. The van der Waals surface area contributed by atoms with Gasteiger partial charge in [0, 0.05) is 5.69 Å². The molecule has 0 aromatic heterocycles. The summed E-state index contributed by atoms with van der Waals surface area (Å²) in [6.45, 7) is 6.26. The van der Waals surface area contributed by atoms with E-state index in [1.807, 2.05) is 38.1 Å². The number of amides is 4. The zero-order valence-corrected chi connectivity index (χ0v) is 17.9. The van der Waals surface area contributed by atoms with Gasteiger partial charge in [-0.1, -0.05) is 47.5 Å². The second-order valence-corrected chi connectivity index (χ2v) is 7.80. The van der Waals surface area contributed by atoms with Gasteiger partial charge < -0.3 is 15.4 Å². The molecule has 2 aromatic rings. The third kappa shape index (κ3) is 4.74. The topological polar surface area (TPSA) is 105 Å². The summed E-state index contributed by atoms with van der Waals surface area (Å²) in [4.78, 5) is 50.7. The number of carbonyl (C=O) groups excluding carboxylic acids is 4. The van der Waals surface area contributed by atoms with E-state index in [2.05, 4.69) is 10.6 Å². The first kappa shape index (κ1) is 22.0. The summed E-state index contributed by atoms with van der Waals surface area (Å²) < 4.78 is 5.13. The van der Waals surface area contributed by atoms with Gasteiger partial charge in [-0.2, -0.15) is 0 Å². The highest BCUT2D eigenvalue weighted by molar-refractivity contribution is 6.09. The molecule has 0 bridgehead atoms. The third-order valence-electron chi connectivity index (χ3n) is 5.19. The van der Waals surface area contributed by atoms with Crippen LogP contribution in [0.5, 0.6) is 0 Å². The van der Waals surface area contributed by atoms with Crippen molar-refractivity contribution in [1.29, 1.82) is 0 Å². The lowest BCUT2D eigenvalue weighted by atomic mass is 9.91. The summed E-state index contributed by atoms with van der Waals surface area (Å²) >= 11 is 0. The van der Waals surface area contributed by atoms with Crippen molar-refractivity contribution in [3.05, 3.63) is 65.2 Å². The smallest absolute Gasteiger partial charge is 0.327 e. The fraction of sp³-hybridized carbons (Fsp3) is 0.304. The number of nitrogens with zero attached hydrogens (tertiary/aromatic N) is 1. The Labute approximate surface area is 180 Å². The number of nitrogens with one attached hydrogen (secondary N) is 2. The van der Waals surface area contributed by atoms with Gasteiger partial charge in [0.05, 0.1) is 0 Å². The molecule has 8 heteroatoms. The van der Waals surface area contributed by atoms with Crippen molar-refractivity contribution in [2.24, 2.45) is 0 Å². The molecule has 2 N–H and O–H groups in total. The predicted octanol–water partition coefficient (Wildman–Crippen LogP) is 2.64. The zero-order valence-electron chi connectivity index (χ0n) is 17.9. The van der Waals surface area contributed by atoms with Gasteiger partial charge in [0.15, 0.2) is 6.10 Å². The molecule has 4 amide bonds. The van der Waals surface area contributed by atoms with Crippen LogP contribution in [0.4, 0.5) is 10.5 Å². The zero-order chi connectivity index (χ0) is 22.8. The van der Waals surface area contributed by atoms with Crippen LogP contribution < -0.4 is 10.6 Å². The summed E-state index contributed by atoms with van der Waals surface area (Å²) in [5.74, 6) is -1.93. The molecule has 0 unspecified atom stereocenters. The van der Waals surface area contributed by atoms with Crippen molar-refractivity contribution in [2.45, 2.75) is 39.3 Å². The number of imide groups is 1. The van der Waals surface area contributed by atoms with E-state index in [0.29, 0.717) is 11.3 Å². The van der Waals surface area contributed by atoms with Gasteiger partial charge in [-0.25, -0.2) is 4.79 Å². The van der Waals surface area contributed by atoms with Crippen LogP contribution in [0.2, 0.25) is 0 Å². The van der Waals surface area contributed by atoms with E-state index in [-0.39, 0.29) is 0 Å². The van der Waals surface area contributed by atoms with Crippen LogP contribution in [0.15, 0.2) is 48.5 Å². The standard InChI is InChI=1S/C23H25N3O5/c1-14-5-9-17(10-6-14)23(4)21(29)26(22(30)25-23)13-19(27)31-16(3)20(28)24-18-11-7-15(2)8-12-18/h5-12,16H,13H2,1-4H3,(H,24,28)(H,25,30)/t16-,23-/m0/s1. The summed E-state index contributed by atoms with van der Waals surface area (Å²) in [6.07, 6.45) is -1.10. The highest BCUT2D eigenvalue weighted by Gasteiger charge is 2.49. The van der Waals surface area contributed by atoms with Gasteiger partial charge in [0.1, 0.15) is 12.1 Å². The normalized spacial score (nSPS) is 19.0. The van der Waals surface area contributed by atoms with Gasteiger partial charge in [-0.15, -0.1) is 0 Å². The maximum atomic E-state index is 12.9. The van der Waals surface area contributed by atoms with E-state index in [1.165, 1.54) is 6.92 Å². The van der Waals surface area contributed by atoms with Crippen LogP contribution in [-0.4, -0.2) is 41.4 Å². The van der Waals surface area contributed by atoms with E-state index in [1.54, 1.807) is 31.2 Å². The molecule has 162 valence electrons. The molecule has 0 spiro atoms. The van der Waals surface area contributed by atoms with Gasteiger partial charge in [0.25, 0.3) is 11.8 Å². The number of rotatable bonds is 6. The molecular weight excluding hydrogens is 398 g/mol. The number of esters is 1. The van der Waals surface area contributed by atoms with E-state index in [9.17, 15) is 19.2 Å². The number of hydrogen-bond acceptors (Lipinski definition) is 5. The molecule has 2 aromatic carbocycles. The molecule has 3 rings (SSSR count). The first-order valence-electron chi connectivity index (χ1n) is 9.88. The molecule has 1 saturated heterocycles. The first-order valence-corrected chi connectivity index (χ1v) is 9.88. The van der Waals surface area contributed by atoms with Gasteiger partial charge in [-0.3, -0.25) is 19.3 Å². The fourth-order valence-electron chi connectivity index (χ4n) is 3.22. The van der Waals surface area contributed by atoms with Gasteiger partial charge in [-0.05, 0) is 45.4 Å². The number of aryl methyl sites for hydroxylation is 2. The molecule has 0 saturated carbocycles. The largest absolute Gasteiger partial charge is 0.451 e. The lowest BCUT2D eigenvalue weighted by Crippen LogP contribution is -2.42. The third-order valence-corrected chi connectivity index (χ3v) is 5.19. The van der Waals surface area contributed by atoms with Crippen LogP contribution in [-0.2, 0) is 24.7 Å². The Bertz CT molecular complexity index is 1020. The number of urea groups is 1. The Morgan fingerprint density at radius 3 is 2.16 bits per heavy atom. The highest BCUT2D eigenvalue weighted by atomic mass is 16.5. The quantitative estimate of drug-likeness (QED) is 0.549. The second-order valence-electron chi connectivity index (χ2n) is 7.80. The number of hydrogen-bond donors (Lipinski definition) is 2. The Morgan fingerprint density at radius 2 is 1.58 bits per heavy atom. The second kappa shape index (κ2) is 8.59. The lowest BCUT2D eigenvalue weighted by molar-refractivity contribution is -0.155. The number of anilines is 1. The minimum atomic E-state index is -1.28. The summed E-state index contributed by atoms with van der Waals surface area (Å²) in [6, 6.07) is 13.7. The minimum absolute atomic E-state index is 0.515. The van der Waals surface area contributed by atoms with Crippen molar-refractivity contribution in [3.8, 4) is 0 Å². The van der Waals surface area contributed by atoms with E-state index in [4.69, 9.17) is 4.74 Å². The predicted molar refractivity (Wildman–Crippen MR) is 114 cm³/mol. The van der Waals surface area contributed by atoms with Crippen LogP contribution >= 0.6 is 0 Å². The van der Waals surface area contributed by atoms with Crippen molar-refractivity contribution >= 4 is 29.5 Å². The fourth-order valence-corrected chi connectivity index (χ4v) is 3.22. The maximum Gasteiger partial charge on any atom is 0.327 e. The summed E-state index contributed by atoms with van der Waals surface area (Å²) in [5, 5.41) is 5.28. The van der Waals surface area contributed by atoms with Crippen LogP contribution in [0, 0.1) is 13.8 Å². The minimum Gasteiger partial charge on any atom is -0.451 e. The van der Waals surface area contributed by atoms with Crippen LogP contribution in [0.3, 0.4) is 0 Å². The van der Waals surface area contributed by atoms with Crippen LogP contribution in [0.25, 0.3) is 0 Å². The molecular formula is C23H25N3O5. The van der Waals surface area contributed by atoms with E-state index >= 15 is 0 Å². The van der Waals surface area contributed by atoms with Crippen molar-refractivity contribution < 1.29 is 23.9 Å². The Hall–Kier alpha value is -3.68. The highest BCUT2D eigenvalue weighted by Crippen LogP contribution is 2.29. The SMILES string of the molecule is Cc1ccc(NC(=O)[C@H](C)OC(=O)CN2C(=O)N[C@@](C)(c3ccc(C)cc3)C2=O)cc1. The van der Waals surface area contributed by atoms with Crippen molar-refractivity contribution in [1.82, 2.24) is 10.2 Å². The van der Waals surface area contributed by atoms with E-state index in [0.717, 1.165) is 16.0 Å². The van der Waals surface area contributed by atoms with Gasteiger partial charge >= 0.3 is 12.0 Å². The van der Waals surface area contributed by atoms with E-state index < -0.39 is 42.0 Å². The molecule has 31 heavy (non-hydrogen) atoms. The molecule has 8 nitrogen and oxygen atoms in total. The molecule has 1 aliphatic heterocycles. The molecule has 1 fully saturated rings. The Morgan fingerprint density at radius 1 is 1.03 bits per heavy atom. The molecule has 0 aliphatic carbocycles. The molecule has 1 heterocycles. The van der Waals surface area contributed by atoms with Crippen LogP contribution in [0.1, 0.15) is 30.5 Å². The monoisotopic (exact) mass is 423 g/mol. The molecule has 0 radical (unpaired) electrons. The number of carbonyl (C=O) groups is 4.